The van der Waals surface area contributed by atoms with Crippen molar-refractivity contribution < 1.29 is 4.39 Å². The lowest BCUT2D eigenvalue weighted by atomic mass is 10.1. The Morgan fingerprint density at radius 2 is 1.42 bits per heavy atom. The molecule has 1 aliphatic heterocycles. The minimum Gasteiger partial charge on any atom is -0.384 e. The van der Waals surface area contributed by atoms with Crippen LogP contribution in [0.2, 0.25) is 0 Å². The van der Waals surface area contributed by atoms with E-state index in [1.165, 1.54) is 17.7 Å². The van der Waals surface area contributed by atoms with Crippen molar-refractivity contribution in [3.63, 3.8) is 0 Å². The van der Waals surface area contributed by atoms with Gasteiger partial charge in [0.15, 0.2) is 0 Å². The van der Waals surface area contributed by atoms with Gasteiger partial charge >= 0.3 is 0 Å². The van der Waals surface area contributed by atoms with Gasteiger partial charge in [-0.05, 0) is 36.2 Å². The van der Waals surface area contributed by atoms with E-state index in [2.05, 4.69) is 45.4 Å². The summed E-state index contributed by atoms with van der Waals surface area (Å²) in [6, 6.07) is 17.3. The standard InChI is InChI=1S/C20H26FN3/c21-19-6-8-20(9-7-19)22-11-13-24-16-14-23(15-17-24)12-10-18-4-2-1-3-5-18/h1-9,22H,10-17H2. The van der Waals surface area contributed by atoms with E-state index in [1.54, 1.807) is 12.1 Å². The summed E-state index contributed by atoms with van der Waals surface area (Å²) in [4.78, 5) is 5.05. The van der Waals surface area contributed by atoms with Crippen LogP contribution in [0, 0.1) is 5.82 Å². The molecular formula is C20H26FN3. The molecule has 0 unspecified atom stereocenters. The number of piperazine rings is 1. The van der Waals surface area contributed by atoms with Gasteiger partial charge in [-0.15, -0.1) is 0 Å². The molecule has 1 saturated heterocycles. The van der Waals surface area contributed by atoms with Crippen molar-refractivity contribution in [3.05, 3.63) is 66.0 Å². The maximum atomic E-state index is 12.9. The molecule has 128 valence electrons. The van der Waals surface area contributed by atoms with Crippen LogP contribution in [-0.2, 0) is 6.42 Å². The van der Waals surface area contributed by atoms with E-state index < -0.39 is 0 Å². The molecule has 0 atom stereocenters. The van der Waals surface area contributed by atoms with Crippen LogP contribution in [0.4, 0.5) is 10.1 Å². The van der Waals surface area contributed by atoms with Gasteiger partial charge in [-0.25, -0.2) is 4.39 Å². The summed E-state index contributed by atoms with van der Waals surface area (Å²) in [5.41, 5.74) is 2.40. The van der Waals surface area contributed by atoms with Crippen molar-refractivity contribution >= 4 is 5.69 Å². The van der Waals surface area contributed by atoms with E-state index >= 15 is 0 Å². The number of rotatable bonds is 7. The average Bonchev–Trinajstić information content (AvgIpc) is 2.64. The lowest BCUT2D eigenvalue weighted by molar-refractivity contribution is 0.137. The molecule has 2 aromatic rings. The van der Waals surface area contributed by atoms with E-state index in [4.69, 9.17) is 0 Å². The fourth-order valence-electron chi connectivity index (χ4n) is 3.09. The van der Waals surface area contributed by atoms with Crippen LogP contribution >= 0.6 is 0 Å². The van der Waals surface area contributed by atoms with Gasteiger partial charge in [0.05, 0.1) is 0 Å². The fraction of sp³-hybridized carbons (Fsp3) is 0.400. The average molecular weight is 327 g/mol. The van der Waals surface area contributed by atoms with E-state index in [0.29, 0.717) is 0 Å². The van der Waals surface area contributed by atoms with Gasteiger partial charge in [0.1, 0.15) is 5.82 Å². The van der Waals surface area contributed by atoms with Gasteiger partial charge < -0.3 is 10.2 Å². The van der Waals surface area contributed by atoms with Crippen molar-refractivity contribution in [1.29, 1.82) is 0 Å². The topological polar surface area (TPSA) is 18.5 Å². The van der Waals surface area contributed by atoms with Crippen molar-refractivity contribution in [2.45, 2.75) is 6.42 Å². The minimum atomic E-state index is -0.188. The van der Waals surface area contributed by atoms with Crippen LogP contribution in [0.3, 0.4) is 0 Å². The van der Waals surface area contributed by atoms with Gasteiger partial charge in [-0.3, -0.25) is 4.90 Å². The minimum absolute atomic E-state index is 0.188. The summed E-state index contributed by atoms with van der Waals surface area (Å²) in [5, 5.41) is 3.36. The smallest absolute Gasteiger partial charge is 0.123 e. The van der Waals surface area contributed by atoms with Gasteiger partial charge in [0.2, 0.25) is 0 Å². The molecule has 1 heterocycles. The normalized spacial score (nSPS) is 16.2. The molecule has 0 saturated carbocycles. The summed E-state index contributed by atoms with van der Waals surface area (Å²) >= 11 is 0. The Balaban J connectivity index is 1.31. The van der Waals surface area contributed by atoms with E-state index in [9.17, 15) is 4.39 Å². The molecular weight excluding hydrogens is 301 g/mol. The Labute approximate surface area is 144 Å². The molecule has 0 aliphatic carbocycles. The fourth-order valence-corrected chi connectivity index (χ4v) is 3.09. The maximum Gasteiger partial charge on any atom is 0.123 e. The SMILES string of the molecule is Fc1ccc(NCCN2CCN(CCc3ccccc3)CC2)cc1. The summed E-state index contributed by atoms with van der Waals surface area (Å²) in [6.45, 7) is 7.61. The molecule has 1 aliphatic rings. The summed E-state index contributed by atoms with van der Waals surface area (Å²) < 4.78 is 12.9. The number of nitrogens with zero attached hydrogens (tertiary/aromatic N) is 2. The van der Waals surface area contributed by atoms with Crippen LogP contribution in [0.1, 0.15) is 5.56 Å². The molecule has 0 amide bonds. The number of benzene rings is 2. The lowest BCUT2D eigenvalue weighted by Gasteiger charge is -2.34. The maximum absolute atomic E-state index is 12.9. The quantitative estimate of drug-likeness (QED) is 0.843. The van der Waals surface area contributed by atoms with Crippen molar-refractivity contribution in [2.75, 3.05) is 51.1 Å². The highest BCUT2D eigenvalue weighted by atomic mass is 19.1. The Bertz CT molecular complexity index is 592. The largest absolute Gasteiger partial charge is 0.384 e. The number of halogens is 1. The lowest BCUT2D eigenvalue weighted by Crippen LogP contribution is -2.48. The van der Waals surface area contributed by atoms with Gasteiger partial charge in [0, 0.05) is 51.5 Å². The number of hydrogen-bond donors (Lipinski definition) is 1. The molecule has 0 bridgehead atoms. The molecule has 3 nitrogen and oxygen atoms in total. The Morgan fingerprint density at radius 3 is 2.08 bits per heavy atom. The van der Waals surface area contributed by atoms with Gasteiger partial charge in [0.25, 0.3) is 0 Å². The number of hydrogen-bond acceptors (Lipinski definition) is 3. The molecule has 3 rings (SSSR count). The second-order valence-corrected chi connectivity index (χ2v) is 6.35. The highest BCUT2D eigenvalue weighted by Gasteiger charge is 2.15. The highest BCUT2D eigenvalue weighted by Crippen LogP contribution is 2.09. The first-order chi connectivity index (χ1) is 11.8. The number of anilines is 1. The van der Waals surface area contributed by atoms with E-state index in [-0.39, 0.29) is 5.82 Å². The second kappa shape index (κ2) is 8.81. The first kappa shape index (κ1) is 16.9. The molecule has 4 heteroatoms. The Kier molecular flexibility index (Phi) is 6.21. The first-order valence-corrected chi connectivity index (χ1v) is 8.78. The summed E-state index contributed by atoms with van der Waals surface area (Å²) in [6.07, 6.45) is 1.13. The third-order valence-electron chi connectivity index (χ3n) is 4.63. The predicted octanol–water partition coefficient (Wildman–Crippen LogP) is 3.10. The zero-order valence-corrected chi connectivity index (χ0v) is 14.1. The van der Waals surface area contributed by atoms with Crippen LogP contribution in [0.25, 0.3) is 0 Å². The predicted molar refractivity (Wildman–Crippen MR) is 97.9 cm³/mol. The number of nitrogens with one attached hydrogen (secondary N) is 1. The van der Waals surface area contributed by atoms with Crippen LogP contribution in [-0.4, -0.2) is 55.6 Å². The third-order valence-corrected chi connectivity index (χ3v) is 4.63. The summed E-state index contributed by atoms with van der Waals surface area (Å²) in [7, 11) is 0. The molecule has 1 fully saturated rings. The molecule has 2 aromatic carbocycles. The zero-order chi connectivity index (χ0) is 16.6. The van der Waals surface area contributed by atoms with Gasteiger partial charge in [-0.2, -0.15) is 0 Å². The van der Waals surface area contributed by atoms with Crippen molar-refractivity contribution in [2.24, 2.45) is 0 Å². The monoisotopic (exact) mass is 327 g/mol. The van der Waals surface area contributed by atoms with Crippen molar-refractivity contribution in [1.82, 2.24) is 9.80 Å². The summed E-state index contributed by atoms with van der Waals surface area (Å²) in [5.74, 6) is -0.188. The molecule has 0 aromatic heterocycles. The van der Waals surface area contributed by atoms with Crippen molar-refractivity contribution in [3.8, 4) is 0 Å². The van der Waals surface area contributed by atoms with Crippen LogP contribution < -0.4 is 5.32 Å². The molecule has 24 heavy (non-hydrogen) atoms. The zero-order valence-electron chi connectivity index (χ0n) is 14.1. The van der Waals surface area contributed by atoms with E-state index in [1.807, 2.05) is 0 Å². The van der Waals surface area contributed by atoms with E-state index in [0.717, 1.165) is 57.9 Å². The third kappa shape index (κ3) is 5.32. The van der Waals surface area contributed by atoms with Crippen LogP contribution in [0.5, 0.6) is 0 Å². The Hall–Kier alpha value is -1.91. The molecule has 0 radical (unpaired) electrons. The second-order valence-electron chi connectivity index (χ2n) is 6.35. The highest BCUT2D eigenvalue weighted by molar-refractivity contribution is 5.42. The van der Waals surface area contributed by atoms with Crippen LogP contribution in [0.15, 0.2) is 54.6 Å². The van der Waals surface area contributed by atoms with Gasteiger partial charge in [-0.1, -0.05) is 30.3 Å². The Morgan fingerprint density at radius 1 is 0.792 bits per heavy atom. The molecule has 0 spiro atoms. The molecule has 1 N–H and O–H groups in total. The first-order valence-electron chi connectivity index (χ1n) is 8.78.